The number of morpholine rings is 1. The van der Waals surface area contributed by atoms with E-state index in [4.69, 9.17) is 9.15 Å². The molecule has 8 heteroatoms. The molecule has 0 radical (unpaired) electrons. The van der Waals surface area contributed by atoms with Crippen LogP contribution in [0.15, 0.2) is 51.8 Å². The summed E-state index contributed by atoms with van der Waals surface area (Å²) in [5.74, 6) is 1.19. The van der Waals surface area contributed by atoms with Gasteiger partial charge >= 0.3 is 0 Å². The highest BCUT2D eigenvalue weighted by atomic mass is 32.2. The zero-order valence-electron chi connectivity index (χ0n) is 16.5. The maximum atomic E-state index is 13.2. The minimum Gasteiger partial charge on any atom is -0.464 e. The molecule has 1 amide bonds. The summed E-state index contributed by atoms with van der Waals surface area (Å²) in [4.78, 5) is 15.2. The number of sulfonamides is 1. The van der Waals surface area contributed by atoms with Crippen LogP contribution in [-0.4, -0.2) is 56.3 Å². The molecule has 2 atom stereocenters. The van der Waals surface area contributed by atoms with E-state index in [1.54, 1.807) is 35.2 Å². The van der Waals surface area contributed by atoms with Crippen molar-refractivity contribution in [1.82, 2.24) is 9.21 Å². The first-order chi connectivity index (χ1) is 13.9. The van der Waals surface area contributed by atoms with Gasteiger partial charge in [0.15, 0.2) is 0 Å². The molecule has 2 unspecified atom stereocenters. The van der Waals surface area contributed by atoms with Gasteiger partial charge in [0, 0.05) is 19.6 Å². The van der Waals surface area contributed by atoms with Crippen molar-refractivity contribution in [3.05, 3.63) is 54.0 Å². The van der Waals surface area contributed by atoms with Crippen molar-refractivity contribution in [2.24, 2.45) is 5.92 Å². The molecule has 3 heterocycles. The van der Waals surface area contributed by atoms with Crippen LogP contribution in [0.2, 0.25) is 0 Å². The maximum absolute atomic E-state index is 13.2. The maximum Gasteiger partial charge on any atom is 0.243 e. The lowest BCUT2D eigenvalue weighted by atomic mass is 9.97. The van der Waals surface area contributed by atoms with Crippen molar-refractivity contribution in [3.63, 3.8) is 0 Å². The lowest BCUT2D eigenvalue weighted by Crippen LogP contribution is -2.50. The average Bonchev–Trinajstić information content (AvgIpc) is 3.20. The molecule has 4 rings (SSSR count). The Hall–Kier alpha value is -2.16. The summed E-state index contributed by atoms with van der Waals surface area (Å²) in [6, 6.07) is 12.2. The standard InChI is InChI=1S/C21H26N2O5S/c1-16-9-10-19(28-16)20-15-22(12-13-27-20)21(24)17-6-5-11-23(14-17)29(25,26)18-7-3-2-4-8-18/h2-4,7-10,17,20H,5-6,11-15H2,1H3. The van der Waals surface area contributed by atoms with Crippen LogP contribution in [0.5, 0.6) is 0 Å². The minimum absolute atomic E-state index is 0.00506. The van der Waals surface area contributed by atoms with Gasteiger partial charge in [-0.3, -0.25) is 4.79 Å². The largest absolute Gasteiger partial charge is 0.464 e. The average molecular weight is 419 g/mol. The first-order valence-electron chi connectivity index (χ1n) is 9.97. The van der Waals surface area contributed by atoms with E-state index in [0.29, 0.717) is 39.1 Å². The van der Waals surface area contributed by atoms with E-state index in [1.165, 1.54) is 4.31 Å². The normalized spacial score (nSPS) is 23.8. The Labute approximate surface area is 171 Å². The van der Waals surface area contributed by atoms with Gasteiger partial charge in [-0.15, -0.1) is 0 Å². The molecular formula is C21H26N2O5S. The van der Waals surface area contributed by atoms with Crippen molar-refractivity contribution < 1.29 is 22.4 Å². The molecule has 1 aromatic heterocycles. The Balaban J connectivity index is 1.44. The Bertz CT molecular complexity index is 956. The fourth-order valence-electron chi connectivity index (χ4n) is 4.01. The zero-order chi connectivity index (χ0) is 20.4. The number of hydrogen-bond donors (Lipinski definition) is 0. The van der Waals surface area contributed by atoms with Crippen LogP contribution < -0.4 is 0 Å². The summed E-state index contributed by atoms with van der Waals surface area (Å²) < 4.78 is 38.8. The molecule has 0 N–H and O–H groups in total. The molecule has 29 heavy (non-hydrogen) atoms. The highest BCUT2D eigenvalue weighted by molar-refractivity contribution is 7.89. The number of benzene rings is 1. The van der Waals surface area contributed by atoms with Gasteiger partial charge in [0.25, 0.3) is 0 Å². The fourth-order valence-corrected chi connectivity index (χ4v) is 5.55. The summed E-state index contributed by atoms with van der Waals surface area (Å²) in [5.41, 5.74) is 0. The zero-order valence-corrected chi connectivity index (χ0v) is 17.3. The van der Waals surface area contributed by atoms with Gasteiger partial charge in [0.2, 0.25) is 15.9 Å². The highest BCUT2D eigenvalue weighted by Crippen LogP contribution is 2.28. The van der Waals surface area contributed by atoms with Gasteiger partial charge in [0.05, 0.1) is 24.0 Å². The van der Waals surface area contributed by atoms with E-state index in [-0.39, 0.29) is 29.4 Å². The summed E-state index contributed by atoms with van der Waals surface area (Å²) in [7, 11) is -3.59. The van der Waals surface area contributed by atoms with Gasteiger partial charge < -0.3 is 14.1 Å². The Morgan fingerprint density at radius 1 is 1.07 bits per heavy atom. The lowest BCUT2D eigenvalue weighted by molar-refractivity contribution is -0.145. The van der Waals surface area contributed by atoms with Gasteiger partial charge in [-0.1, -0.05) is 18.2 Å². The van der Waals surface area contributed by atoms with Crippen LogP contribution in [0.4, 0.5) is 0 Å². The highest BCUT2D eigenvalue weighted by Gasteiger charge is 2.37. The van der Waals surface area contributed by atoms with Crippen molar-refractivity contribution >= 4 is 15.9 Å². The number of carbonyl (C=O) groups is 1. The summed E-state index contributed by atoms with van der Waals surface area (Å²) in [6.07, 6.45) is 1.09. The van der Waals surface area contributed by atoms with Gasteiger partial charge in [-0.25, -0.2) is 8.42 Å². The number of hydrogen-bond acceptors (Lipinski definition) is 5. The van der Waals surface area contributed by atoms with Crippen LogP contribution in [0.3, 0.4) is 0 Å². The second kappa shape index (κ2) is 8.30. The lowest BCUT2D eigenvalue weighted by Gasteiger charge is -2.37. The van der Waals surface area contributed by atoms with Crippen molar-refractivity contribution in [1.29, 1.82) is 0 Å². The van der Waals surface area contributed by atoms with Crippen LogP contribution in [0, 0.1) is 12.8 Å². The molecule has 2 aromatic rings. The van der Waals surface area contributed by atoms with Gasteiger partial charge in [0.1, 0.15) is 17.6 Å². The fraction of sp³-hybridized carbons (Fsp3) is 0.476. The van der Waals surface area contributed by atoms with Crippen LogP contribution in [0.1, 0.15) is 30.5 Å². The van der Waals surface area contributed by atoms with E-state index in [9.17, 15) is 13.2 Å². The molecule has 2 fully saturated rings. The van der Waals surface area contributed by atoms with Crippen molar-refractivity contribution in [3.8, 4) is 0 Å². The first kappa shape index (κ1) is 20.1. The number of amides is 1. The molecule has 0 spiro atoms. The number of ether oxygens (including phenoxy) is 1. The molecule has 7 nitrogen and oxygen atoms in total. The first-order valence-corrected chi connectivity index (χ1v) is 11.4. The summed E-state index contributed by atoms with van der Waals surface area (Å²) in [6.45, 7) is 3.91. The number of furan rings is 1. The van der Waals surface area contributed by atoms with Gasteiger partial charge in [-0.2, -0.15) is 4.31 Å². The van der Waals surface area contributed by atoms with Crippen LogP contribution >= 0.6 is 0 Å². The third-order valence-electron chi connectivity index (χ3n) is 5.57. The van der Waals surface area contributed by atoms with E-state index < -0.39 is 10.0 Å². The molecular weight excluding hydrogens is 392 g/mol. The van der Waals surface area contributed by atoms with Crippen molar-refractivity contribution in [2.45, 2.75) is 30.8 Å². The quantitative estimate of drug-likeness (QED) is 0.763. The Kier molecular flexibility index (Phi) is 5.76. The minimum atomic E-state index is -3.59. The predicted octanol–water partition coefficient (Wildman–Crippen LogP) is 2.59. The molecule has 2 aliphatic heterocycles. The van der Waals surface area contributed by atoms with Gasteiger partial charge in [-0.05, 0) is 44.0 Å². The second-order valence-corrected chi connectivity index (χ2v) is 9.55. The number of piperidine rings is 1. The number of aryl methyl sites for hydroxylation is 1. The third-order valence-corrected chi connectivity index (χ3v) is 7.45. The van der Waals surface area contributed by atoms with Crippen LogP contribution in [0.25, 0.3) is 0 Å². The monoisotopic (exact) mass is 418 g/mol. The molecule has 156 valence electrons. The predicted molar refractivity (Wildman–Crippen MR) is 107 cm³/mol. The molecule has 0 bridgehead atoms. The summed E-state index contributed by atoms with van der Waals surface area (Å²) in [5, 5.41) is 0. The molecule has 0 saturated carbocycles. The van der Waals surface area contributed by atoms with E-state index >= 15 is 0 Å². The number of carbonyl (C=O) groups excluding carboxylic acids is 1. The smallest absolute Gasteiger partial charge is 0.243 e. The van der Waals surface area contributed by atoms with E-state index in [0.717, 1.165) is 11.5 Å². The van der Waals surface area contributed by atoms with E-state index in [2.05, 4.69) is 0 Å². The molecule has 2 aliphatic rings. The topological polar surface area (TPSA) is 80.1 Å². The Morgan fingerprint density at radius 2 is 1.86 bits per heavy atom. The van der Waals surface area contributed by atoms with E-state index in [1.807, 2.05) is 19.1 Å². The summed E-state index contributed by atoms with van der Waals surface area (Å²) >= 11 is 0. The SMILES string of the molecule is Cc1ccc(C2CN(C(=O)C3CCCN(S(=O)(=O)c4ccccc4)C3)CCO2)o1. The molecule has 1 aromatic carbocycles. The number of rotatable bonds is 4. The third kappa shape index (κ3) is 4.24. The number of nitrogens with zero attached hydrogens (tertiary/aromatic N) is 2. The second-order valence-electron chi connectivity index (χ2n) is 7.61. The molecule has 2 saturated heterocycles. The Morgan fingerprint density at radius 3 is 2.59 bits per heavy atom. The van der Waals surface area contributed by atoms with Crippen LogP contribution in [-0.2, 0) is 19.6 Å². The molecule has 0 aliphatic carbocycles. The van der Waals surface area contributed by atoms with Crippen molar-refractivity contribution in [2.75, 3.05) is 32.8 Å².